The number of nitrogens with one attached hydrogen (secondary N) is 1. The Bertz CT molecular complexity index is 1170. The summed E-state index contributed by atoms with van der Waals surface area (Å²) in [6.45, 7) is -0.631. The summed E-state index contributed by atoms with van der Waals surface area (Å²) in [6, 6.07) is 7.40. The molecule has 1 atom stereocenters. The Labute approximate surface area is 168 Å². The Kier molecular flexibility index (Phi) is 5.11. The molecular formula is C16H13FN6O6S. The van der Waals surface area contributed by atoms with Crippen molar-refractivity contribution in [1.29, 1.82) is 0 Å². The van der Waals surface area contributed by atoms with Gasteiger partial charge in [-0.1, -0.05) is 6.07 Å². The van der Waals surface area contributed by atoms with Crippen LogP contribution in [-0.4, -0.2) is 63.9 Å². The summed E-state index contributed by atoms with van der Waals surface area (Å²) >= 11 is 0. The minimum atomic E-state index is -4.66. The molecule has 0 bridgehead atoms. The van der Waals surface area contributed by atoms with Gasteiger partial charge in [-0.25, -0.2) is 13.4 Å². The summed E-state index contributed by atoms with van der Waals surface area (Å²) in [5.41, 5.74) is 1.42. The van der Waals surface area contributed by atoms with Gasteiger partial charge < -0.3 is 4.74 Å². The highest BCUT2D eigenvalue weighted by molar-refractivity contribution is 7.80. The molecule has 0 radical (unpaired) electrons. The number of rotatable bonds is 6. The predicted octanol–water partition coefficient (Wildman–Crippen LogP) is 1.21. The topological polar surface area (TPSA) is 160 Å². The first-order valence-electron chi connectivity index (χ1n) is 8.40. The molecule has 0 saturated carbocycles. The van der Waals surface area contributed by atoms with Crippen LogP contribution in [0.3, 0.4) is 0 Å². The summed E-state index contributed by atoms with van der Waals surface area (Å²) in [7, 11) is -4.66. The Balaban J connectivity index is 1.50. The summed E-state index contributed by atoms with van der Waals surface area (Å²) in [6.07, 6.45) is -0.280. The van der Waals surface area contributed by atoms with Crippen molar-refractivity contribution in [3.05, 3.63) is 42.3 Å². The number of pyridine rings is 1. The van der Waals surface area contributed by atoms with E-state index in [2.05, 4.69) is 29.8 Å². The van der Waals surface area contributed by atoms with Crippen LogP contribution in [0.4, 0.5) is 14.9 Å². The summed E-state index contributed by atoms with van der Waals surface area (Å²) in [5.74, 6) is -0.301. The lowest BCUT2D eigenvalue weighted by Gasteiger charge is -2.14. The van der Waals surface area contributed by atoms with Gasteiger partial charge in [0.25, 0.3) is 0 Å². The summed E-state index contributed by atoms with van der Waals surface area (Å²) < 4.78 is 53.8. The van der Waals surface area contributed by atoms with Gasteiger partial charge >= 0.3 is 16.5 Å². The fourth-order valence-electron chi connectivity index (χ4n) is 2.84. The maximum absolute atomic E-state index is 14.7. The maximum atomic E-state index is 14.7. The van der Waals surface area contributed by atoms with Gasteiger partial charge in [-0.15, -0.1) is 10.2 Å². The lowest BCUT2D eigenvalue weighted by Crippen LogP contribution is -2.26. The van der Waals surface area contributed by atoms with Crippen LogP contribution in [0.15, 0.2) is 36.5 Å². The number of carbonyl (C=O) groups excluding carboxylic acids is 1. The minimum Gasteiger partial charge on any atom is -0.441 e. The van der Waals surface area contributed by atoms with E-state index in [0.717, 1.165) is 11.0 Å². The van der Waals surface area contributed by atoms with E-state index in [9.17, 15) is 17.6 Å². The van der Waals surface area contributed by atoms with Crippen LogP contribution >= 0.6 is 0 Å². The highest BCUT2D eigenvalue weighted by Crippen LogP contribution is 2.29. The van der Waals surface area contributed by atoms with Gasteiger partial charge in [-0.05, 0) is 29.5 Å². The minimum absolute atomic E-state index is 0.0753. The Hall–Kier alpha value is -3.49. The zero-order valence-electron chi connectivity index (χ0n) is 15.0. The monoisotopic (exact) mass is 436 g/mol. The largest absolute Gasteiger partial charge is 0.441 e. The second-order valence-corrected chi connectivity index (χ2v) is 7.25. The van der Waals surface area contributed by atoms with Crippen molar-refractivity contribution in [3.8, 4) is 22.6 Å². The van der Waals surface area contributed by atoms with E-state index in [1.807, 2.05) is 0 Å². The number of tetrazole rings is 1. The van der Waals surface area contributed by atoms with Crippen molar-refractivity contribution in [1.82, 2.24) is 25.6 Å². The molecule has 12 nitrogen and oxygen atoms in total. The zero-order chi connectivity index (χ0) is 21.3. The maximum Gasteiger partial charge on any atom is 0.414 e. The van der Waals surface area contributed by atoms with E-state index >= 15 is 0 Å². The molecule has 2 aromatic heterocycles. The Morgan fingerprint density at radius 1 is 1.33 bits per heavy atom. The molecule has 14 heteroatoms. The second-order valence-electron chi connectivity index (χ2n) is 6.16. The predicted molar refractivity (Wildman–Crippen MR) is 97.9 cm³/mol. The number of H-pyrrole nitrogens is 1. The van der Waals surface area contributed by atoms with E-state index in [-0.39, 0.29) is 17.8 Å². The van der Waals surface area contributed by atoms with Crippen molar-refractivity contribution in [2.24, 2.45) is 0 Å². The molecule has 30 heavy (non-hydrogen) atoms. The number of benzene rings is 1. The molecule has 3 heterocycles. The molecule has 3 aromatic rings. The van der Waals surface area contributed by atoms with E-state index < -0.39 is 35.0 Å². The van der Waals surface area contributed by atoms with Crippen molar-refractivity contribution < 1.29 is 31.1 Å². The molecular weight excluding hydrogens is 423 g/mol. The molecule has 1 saturated heterocycles. The van der Waals surface area contributed by atoms with Gasteiger partial charge in [0.15, 0.2) is 0 Å². The molecule has 1 fully saturated rings. The standard InChI is InChI=1S/C16H13FN6O6S/c17-13-5-10(23-7-11(29-16(23)24)8-28-30(25,26)27)2-3-12(13)9-1-4-14(18-6-9)15-19-21-22-20-15/h1-6,11H,7-8H2,(H,25,26,27)(H,19,20,21,22)/t11-/m1/s1. The van der Waals surface area contributed by atoms with E-state index in [1.54, 1.807) is 12.1 Å². The average molecular weight is 436 g/mol. The Morgan fingerprint density at radius 3 is 2.80 bits per heavy atom. The molecule has 1 amide bonds. The van der Waals surface area contributed by atoms with E-state index in [1.165, 1.54) is 18.3 Å². The van der Waals surface area contributed by atoms with Gasteiger partial charge in [-0.3, -0.25) is 14.4 Å². The molecule has 4 rings (SSSR count). The van der Waals surface area contributed by atoms with Crippen LogP contribution < -0.4 is 4.90 Å². The van der Waals surface area contributed by atoms with Crippen LogP contribution in [0.25, 0.3) is 22.6 Å². The average Bonchev–Trinajstić information content (AvgIpc) is 3.36. The van der Waals surface area contributed by atoms with E-state index in [4.69, 9.17) is 9.29 Å². The first kappa shape index (κ1) is 19.8. The first-order valence-corrected chi connectivity index (χ1v) is 9.76. The molecule has 0 unspecified atom stereocenters. The number of hydrogen-bond acceptors (Lipinski definition) is 9. The van der Waals surface area contributed by atoms with Gasteiger partial charge in [-0.2, -0.15) is 13.6 Å². The Morgan fingerprint density at radius 2 is 2.17 bits per heavy atom. The number of cyclic esters (lactones) is 1. The number of ether oxygens (including phenoxy) is 1. The molecule has 0 spiro atoms. The van der Waals surface area contributed by atoms with Gasteiger partial charge in [0.1, 0.15) is 24.2 Å². The number of hydrogen-bond donors (Lipinski definition) is 2. The smallest absolute Gasteiger partial charge is 0.414 e. The normalized spacial score (nSPS) is 16.7. The summed E-state index contributed by atoms with van der Waals surface area (Å²) in [5, 5.41) is 13.4. The molecule has 156 valence electrons. The molecule has 2 N–H and O–H groups in total. The van der Waals surface area contributed by atoms with Crippen molar-refractivity contribution in [2.75, 3.05) is 18.1 Å². The summed E-state index contributed by atoms with van der Waals surface area (Å²) in [4.78, 5) is 17.3. The van der Waals surface area contributed by atoms with Crippen LogP contribution in [0.1, 0.15) is 0 Å². The lowest BCUT2D eigenvalue weighted by molar-refractivity contribution is 0.102. The number of anilines is 1. The number of halogens is 1. The number of aromatic nitrogens is 5. The van der Waals surface area contributed by atoms with Crippen molar-refractivity contribution >= 4 is 22.2 Å². The fraction of sp³-hybridized carbons (Fsp3) is 0.188. The highest BCUT2D eigenvalue weighted by atomic mass is 32.3. The van der Waals surface area contributed by atoms with Crippen LogP contribution in [0.2, 0.25) is 0 Å². The molecule has 0 aliphatic carbocycles. The molecule has 1 aliphatic heterocycles. The third kappa shape index (κ3) is 4.24. The lowest BCUT2D eigenvalue weighted by atomic mass is 10.1. The fourth-order valence-corrected chi connectivity index (χ4v) is 3.17. The van der Waals surface area contributed by atoms with Gasteiger partial charge in [0.2, 0.25) is 5.82 Å². The van der Waals surface area contributed by atoms with Crippen molar-refractivity contribution in [3.63, 3.8) is 0 Å². The van der Waals surface area contributed by atoms with Gasteiger partial charge in [0, 0.05) is 17.3 Å². The molecule has 1 aliphatic rings. The first-order chi connectivity index (χ1) is 14.3. The number of amides is 1. The number of carbonyl (C=O) groups is 1. The second kappa shape index (κ2) is 7.74. The number of nitrogens with zero attached hydrogens (tertiary/aromatic N) is 5. The third-order valence-corrected chi connectivity index (χ3v) is 4.62. The third-order valence-electron chi connectivity index (χ3n) is 4.19. The highest BCUT2D eigenvalue weighted by Gasteiger charge is 2.33. The molecule has 1 aromatic carbocycles. The zero-order valence-corrected chi connectivity index (χ0v) is 15.8. The van der Waals surface area contributed by atoms with Gasteiger partial charge in [0.05, 0.1) is 12.2 Å². The van der Waals surface area contributed by atoms with Crippen LogP contribution in [0, 0.1) is 5.82 Å². The van der Waals surface area contributed by atoms with Crippen LogP contribution in [0.5, 0.6) is 0 Å². The van der Waals surface area contributed by atoms with Crippen molar-refractivity contribution in [2.45, 2.75) is 6.10 Å². The van der Waals surface area contributed by atoms with E-state index in [0.29, 0.717) is 17.1 Å². The number of aromatic amines is 1. The quantitative estimate of drug-likeness (QED) is 0.537. The SMILES string of the molecule is O=C1O[C@@H](COS(=O)(=O)O)CN1c1ccc(-c2ccc(-c3nn[nH]n3)nc2)c(F)c1. The van der Waals surface area contributed by atoms with Crippen LogP contribution in [-0.2, 0) is 19.3 Å².